The maximum atomic E-state index is 13.5. The third-order valence-corrected chi connectivity index (χ3v) is 7.45. The van der Waals surface area contributed by atoms with Gasteiger partial charge in [-0.25, -0.2) is 4.98 Å². The van der Waals surface area contributed by atoms with Crippen LogP contribution in [0.5, 0.6) is 0 Å². The van der Waals surface area contributed by atoms with Gasteiger partial charge in [-0.3, -0.25) is 19.2 Å². The maximum absolute atomic E-state index is 13.5. The molecule has 39 heavy (non-hydrogen) atoms. The van der Waals surface area contributed by atoms with Crippen molar-refractivity contribution in [2.75, 3.05) is 20.1 Å². The number of amides is 2. The molecule has 3 heterocycles. The lowest BCUT2D eigenvalue weighted by atomic mass is 9.56. The van der Waals surface area contributed by atoms with Gasteiger partial charge in [0.1, 0.15) is 18.3 Å². The van der Waals surface area contributed by atoms with Crippen LogP contribution in [0, 0.1) is 5.92 Å². The van der Waals surface area contributed by atoms with Crippen LogP contribution in [0.25, 0.3) is 11.3 Å². The van der Waals surface area contributed by atoms with Crippen LogP contribution in [-0.2, 0) is 23.7 Å². The first-order valence-corrected chi connectivity index (χ1v) is 13.2. The molecule has 2 fully saturated rings. The second-order valence-electron chi connectivity index (χ2n) is 11.0. The summed E-state index contributed by atoms with van der Waals surface area (Å²) in [5.41, 5.74) is 1.48. The summed E-state index contributed by atoms with van der Waals surface area (Å²) in [6.07, 6.45) is -0.807. The molecule has 208 valence electrons. The van der Waals surface area contributed by atoms with Crippen LogP contribution in [0.2, 0.25) is 0 Å². The number of hydrogen-bond acceptors (Lipinski definition) is 8. The van der Waals surface area contributed by atoms with Gasteiger partial charge in [-0.05, 0) is 31.4 Å². The van der Waals surface area contributed by atoms with Crippen molar-refractivity contribution >= 4 is 30.4 Å². The van der Waals surface area contributed by atoms with E-state index in [2.05, 4.69) is 15.6 Å². The molecule has 5 atom stereocenters. The Kier molecular flexibility index (Phi) is 8.08. The summed E-state index contributed by atoms with van der Waals surface area (Å²) < 4.78 is 11.5. The molecule has 0 bridgehead atoms. The number of benzene rings is 1. The smallest absolute Gasteiger partial charge is 0.603 e. The van der Waals surface area contributed by atoms with E-state index in [0.29, 0.717) is 18.7 Å². The number of likely N-dealkylation sites (N-methyl/N-ethyl adjacent to an activating group) is 1. The number of carbonyl (C=O) groups excluding carboxylic acids is 4. The van der Waals surface area contributed by atoms with Gasteiger partial charge >= 0.3 is 12.7 Å². The second-order valence-corrected chi connectivity index (χ2v) is 11.0. The molecule has 0 aliphatic carbocycles. The number of pyridine rings is 1. The van der Waals surface area contributed by atoms with Crippen LogP contribution in [0.15, 0.2) is 48.5 Å². The first-order valence-electron chi connectivity index (χ1n) is 13.2. The Hall–Kier alpha value is -3.77. The molecular formula is C27H35BN4O7. The second kappa shape index (κ2) is 11.2. The monoisotopic (exact) mass is 538 g/mol. The highest BCUT2D eigenvalue weighted by Gasteiger charge is 2.67. The van der Waals surface area contributed by atoms with Crippen LogP contribution < -0.4 is 10.6 Å². The van der Waals surface area contributed by atoms with Gasteiger partial charge in [0.05, 0.1) is 30.7 Å². The summed E-state index contributed by atoms with van der Waals surface area (Å²) in [4.78, 5) is 55.9. The van der Waals surface area contributed by atoms with E-state index in [1.807, 2.05) is 44.2 Å². The van der Waals surface area contributed by atoms with E-state index in [4.69, 9.17) is 9.31 Å². The fourth-order valence-electron chi connectivity index (χ4n) is 5.45. The topological polar surface area (TPSA) is 144 Å². The Morgan fingerprint density at radius 3 is 2.38 bits per heavy atom. The molecule has 2 aliphatic heterocycles. The predicted octanol–water partition coefficient (Wildman–Crippen LogP) is 1.19. The number of quaternary nitrogens is 1. The van der Waals surface area contributed by atoms with Gasteiger partial charge in [0.25, 0.3) is 11.9 Å². The molecule has 2 saturated heterocycles. The number of carbonyl (C=O) groups is 4. The largest absolute Gasteiger partial charge is 0.604 e. The zero-order chi connectivity index (χ0) is 28.4. The van der Waals surface area contributed by atoms with Gasteiger partial charge in [-0.2, -0.15) is 0 Å². The molecule has 0 radical (unpaired) electrons. The van der Waals surface area contributed by atoms with E-state index in [9.17, 15) is 24.3 Å². The third-order valence-electron chi connectivity index (χ3n) is 7.45. The molecule has 12 heteroatoms. The summed E-state index contributed by atoms with van der Waals surface area (Å²) in [7, 11) is 1.77. The van der Waals surface area contributed by atoms with Gasteiger partial charge in [-0.15, -0.1) is 0 Å². The van der Waals surface area contributed by atoms with Crippen LogP contribution in [0.3, 0.4) is 0 Å². The Balaban J connectivity index is 1.57. The normalized spacial score (nSPS) is 24.7. The van der Waals surface area contributed by atoms with E-state index >= 15 is 0 Å². The lowest BCUT2D eigenvalue weighted by Crippen LogP contribution is -2.78. The highest BCUT2D eigenvalue weighted by atomic mass is 16.7. The number of nitrogens with zero attached hydrogens (tertiary/aromatic N) is 2. The number of aliphatic hydroxyl groups excluding tert-OH is 1. The highest BCUT2D eigenvalue weighted by molar-refractivity contribution is 6.66. The molecular weight excluding hydrogens is 503 g/mol. The summed E-state index contributed by atoms with van der Waals surface area (Å²) in [5.74, 6) is -3.20. The number of hydrogen-bond donors (Lipinski definition) is 3. The van der Waals surface area contributed by atoms with Crippen LogP contribution in [0.4, 0.5) is 0 Å². The van der Waals surface area contributed by atoms with Crippen molar-refractivity contribution in [3.8, 4) is 11.3 Å². The van der Waals surface area contributed by atoms with Gasteiger partial charge in [-0.1, -0.05) is 50.2 Å². The summed E-state index contributed by atoms with van der Waals surface area (Å²) in [6.45, 7) is 2.96. The molecule has 4 rings (SSSR count). The SMILES string of the molecule is CC(C)C[C@H](NC(=O)[C@@H](NC(=O)c1cccc(-c2ccccc2)n1)[C@@H](C)O)[B-]12OC(=O)CC[N+]1(C)CC(=O)O2. The standard InChI is InChI=1S/C27H35BN4O7/c1-17(2)15-22(28-32(4,16-24(35)39-28)14-13-23(34)38-28)30-27(37)25(18(3)33)31-26(36)21-12-8-11-20(29-21)19-9-6-5-7-10-19/h5-12,17-18,22,25,33H,13-16H2,1-4H3,(H,30,37)(H,31,36)/t18-,22+,25+,28?,32?/m1/s1. The molecule has 3 N–H and O–H groups in total. The Labute approximate surface area is 227 Å². The molecule has 2 aromatic rings. The quantitative estimate of drug-likeness (QED) is 0.404. The van der Waals surface area contributed by atoms with Crippen molar-refractivity contribution in [3.05, 3.63) is 54.2 Å². The van der Waals surface area contributed by atoms with E-state index in [-0.39, 0.29) is 29.0 Å². The maximum Gasteiger partial charge on any atom is 0.604 e. The number of rotatable bonds is 9. The zero-order valence-electron chi connectivity index (χ0n) is 22.6. The Morgan fingerprint density at radius 1 is 1.03 bits per heavy atom. The van der Waals surface area contributed by atoms with Crippen molar-refractivity contribution in [1.82, 2.24) is 15.6 Å². The lowest BCUT2D eigenvalue weighted by molar-refractivity contribution is -0.815. The van der Waals surface area contributed by atoms with Crippen molar-refractivity contribution in [2.24, 2.45) is 5.92 Å². The first-order chi connectivity index (χ1) is 18.4. The molecule has 2 amide bonds. The van der Waals surface area contributed by atoms with Crippen LogP contribution in [0.1, 0.15) is 44.1 Å². The summed E-state index contributed by atoms with van der Waals surface area (Å²) in [5, 5.41) is 15.9. The minimum atomic E-state index is -2.62. The van der Waals surface area contributed by atoms with E-state index < -0.39 is 48.5 Å². The van der Waals surface area contributed by atoms with Gasteiger partial charge in [0.2, 0.25) is 5.91 Å². The molecule has 0 spiro atoms. The number of nitrogens with one attached hydrogen (secondary N) is 2. The number of fused-ring (bicyclic) bond motifs is 1. The minimum absolute atomic E-state index is 0.0116. The van der Waals surface area contributed by atoms with Crippen LogP contribution >= 0.6 is 0 Å². The molecule has 2 unspecified atom stereocenters. The first kappa shape index (κ1) is 28.2. The van der Waals surface area contributed by atoms with Gasteiger partial charge in [0.15, 0.2) is 0 Å². The molecule has 2 aliphatic rings. The van der Waals surface area contributed by atoms with Crippen molar-refractivity contribution in [1.29, 1.82) is 0 Å². The van der Waals surface area contributed by atoms with Gasteiger partial charge in [0, 0.05) is 12.6 Å². The van der Waals surface area contributed by atoms with E-state index in [1.54, 1.807) is 19.2 Å². The average molecular weight is 538 g/mol. The Morgan fingerprint density at radius 2 is 1.72 bits per heavy atom. The molecule has 11 nitrogen and oxygen atoms in total. The van der Waals surface area contributed by atoms with Crippen molar-refractivity contribution in [3.63, 3.8) is 0 Å². The van der Waals surface area contributed by atoms with Crippen LogP contribution in [-0.4, -0.2) is 83.1 Å². The van der Waals surface area contributed by atoms with Crippen molar-refractivity contribution < 1.29 is 38.0 Å². The van der Waals surface area contributed by atoms with Crippen molar-refractivity contribution in [2.45, 2.75) is 51.7 Å². The fourth-order valence-corrected chi connectivity index (χ4v) is 5.45. The highest BCUT2D eigenvalue weighted by Crippen LogP contribution is 2.37. The summed E-state index contributed by atoms with van der Waals surface area (Å²) in [6, 6.07) is 13.0. The third kappa shape index (κ3) is 5.81. The average Bonchev–Trinajstić information content (AvgIpc) is 3.16. The zero-order valence-corrected chi connectivity index (χ0v) is 22.6. The van der Waals surface area contributed by atoms with Gasteiger partial charge < -0.3 is 29.4 Å². The lowest BCUT2D eigenvalue weighted by Gasteiger charge is -2.54. The minimum Gasteiger partial charge on any atom is -0.603 e. The summed E-state index contributed by atoms with van der Waals surface area (Å²) >= 11 is 0. The van der Waals surface area contributed by atoms with E-state index in [1.165, 1.54) is 13.0 Å². The molecule has 1 aromatic heterocycles. The van der Waals surface area contributed by atoms with E-state index in [0.717, 1.165) is 5.56 Å². The molecule has 0 saturated carbocycles. The predicted molar refractivity (Wildman–Crippen MR) is 142 cm³/mol. The fraction of sp³-hybridized carbons (Fsp3) is 0.444. The number of aromatic nitrogens is 1. The molecule has 1 aromatic carbocycles. The number of aliphatic hydroxyl groups is 1. The Bertz CT molecular complexity index is 1260.